The first-order valence-electron chi connectivity index (χ1n) is 8.37. The van der Waals surface area contributed by atoms with E-state index in [9.17, 15) is 4.79 Å². The lowest BCUT2D eigenvalue weighted by molar-refractivity contribution is -0.126. The van der Waals surface area contributed by atoms with Crippen molar-refractivity contribution in [1.82, 2.24) is 5.32 Å². The molecule has 0 atom stereocenters. The van der Waals surface area contributed by atoms with Gasteiger partial charge in [-0.3, -0.25) is 4.79 Å². The lowest BCUT2D eigenvalue weighted by atomic mass is 9.74. The Bertz CT molecular complexity index is 539. The standard InChI is InChI=1S/C18H24ClNO3/c19-16-4-2-1-3-15(16)18(7-9-22-10-8-18)13-20-17(21)12-23-11-14-5-6-14/h1-4,14H,5-13H2,(H,20,21). The molecule has 0 spiro atoms. The summed E-state index contributed by atoms with van der Waals surface area (Å²) >= 11 is 6.41. The molecule has 126 valence electrons. The minimum atomic E-state index is -0.150. The zero-order chi connectivity index (χ0) is 16.1. The Morgan fingerprint density at radius 2 is 2.04 bits per heavy atom. The summed E-state index contributed by atoms with van der Waals surface area (Å²) in [5.74, 6) is 0.622. The number of hydrogen-bond acceptors (Lipinski definition) is 3. The van der Waals surface area contributed by atoms with Crippen LogP contribution < -0.4 is 5.32 Å². The largest absolute Gasteiger partial charge is 0.381 e. The molecule has 5 heteroatoms. The van der Waals surface area contributed by atoms with Crippen molar-refractivity contribution in [2.24, 2.45) is 5.92 Å². The SMILES string of the molecule is O=C(COCC1CC1)NCC1(c2ccccc2Cl)CCOCC1. The van der Waals surface area contributed by atoms with E-state index in [0.717, 1.165) is 23.4 Å². The highest BCUT2D eigenvalue weighted by Gasteiger charge is 2.36. The van der Waals surface area contributed by atoms with Crippen LogP contribution in [0.2, 0.25) is 5.02 Å². The maximum atomic E-state index is 12.0. The quantitative estimate of drug-likeness (QED) is 0.832. The molecule has 0 radical (unpaired) electrons. The molecule has 1 amide bonds. The van der Waals surface area contributed by atoms with Crippen molar-refractivity contribution in [3.05, 3.63) is 34.9 Å². The number of carbonyl (C=O) groups excluding carboxylic acids is 1. The predicted octanol–water partition coefficient (Wildman–Crippen LogP) is 2.93. The van der Waals surface area contributed by atoms with Gasteiger partial charge in [0.05, 0.1) is 6.61 Å². The molecule has 1 aliphatic heterocycles. The Hall–Kier alpha value is -1.10. The lowest BCUT2D eigenvalue weighted by Crippen LogP contribution is -2.45. The van der Waals surface area contributed by atoms with Crippen LogP contribution in [0, 0.1) is 5.92 Å². The van der Waals surface area contributed by atoms with Gasteiger partial charge >= 0.3 is 0 Å². The molecule has 1 N–H and O–H groups in total. The Morgan fingerprint density at radius 3 is 2.74 bits per heavy atom. The molecule has 0 aromatic heterocycles. The van der Waals surface area contributed by atoms with Gasteiger partial charge in [-0.05, 0) is 43.2 Å². The summed E-state index contributed by atoms with van der Waals surface area (Å²) in [6.07, 6.45) is 4.19. The summed E-state index contributed by atoms with van der Waals surface area (Å²) in [7, 11) is 0. The summed E-state index contributed by atoms with van der Waals surface area (Å²) in [6, 6.07) is 7.90. The van der Waals surface area contributed by atoms with E-state index in [4.69, 9.17) is 21.1 Å². The Labute approximate surface area is 142 Å². The predicted molar refractivity (Wildman–Crippen MR) is 89.7 cm³/mol. The lowest BCUT2D eigenvalue weighted by Gasteiger charge is -2.38. The first-order valence-corrected chi connectivity index (χ1v) is 8.75. The van der Waals surface area contributed by atoms with E-state index in [1.807, 2.05) is 18.2 Å². The number of amides is 1. The number of nitrogens with one attached hydrogen (secondary N) is 1. The summed E-state index contributed by atoms with van der Waals surface area (Å²) in [6.45, 7) is 2.81. The summed E-state index contributed by atoms with van der Waals surface area (Å²) in [5, 5.41) is 3.79. The molecule has 0 unspecified atom stereocenters. The molecule has 1 aromatic rings. The number of hydrogen-bond donors (Lipinski definition) is 1. The van der Waals surface area contributed by atoms with Crippen molar-refractivity contribution in [1.29, 1.82) is 0 Å². The molecular formula is C18H24ClNO3. The van der Waals surface area contributed by atoms with E-state index in [2.05, 4.69) is 11.4 Å². The van der Waals surface area contributed by atoms with Crippen molar-refractivity contribution in [3.8, 4) is 0 Å². The van der Waals surface area contributed by atoms with E-state index in [1.165, 1.54) is 12.8 Å². The van der Waals surface area contributed by atoms with Crippen molar-refractivity contribution in [3.63, 3.8) is 0 Å². The monoisotopic (exact) mass is 337 g/mol. The summed E-state index contributed by atoms with van der Waals surface area (Å²) < 4.78 is 11.0. The highest BCUT2D eigenvalue weighted by molar-refractivity contribution is 6.31. The second-order valence-electron chi connectivity index (χ2n) is 6.61. The Balaban J connectivity index is 1.60. The Morgan fingerprint density at radius 1 is 1.30 bits per heavy atom. The molecule has 23 heavy (non-hydrogen) atoms. The topological polar surface area (TPSA) is 47.6 Å². The van der Waals surface area contributed by atoms with Gasteiger partial charge in [0.2, 0.25) is 5.91 Å². The third-order valence-electron chi connectivity index (χ3n) is 4.80. The van der Waals surface area contributed by atoms with Crippen LogP contribution in [0.4, 0.5) is 0 Å². The number of benzene rings is 1. The molecule has 4 nitrogen and oxygen atoms in total. The van der Waals surface area contributed by atoms with Crippen LogP contribution in [-0.4, -0.2) is 38.9 Å². The molecule has 2 aliphatic rings. The summed E-state index contributed by atoms with van der Waals surface area (Å²) in [4.78, 5) is 12.0. The van der Waals surface area contributed by atoms with E-state index in [-0.39, 0.29) is 17.9 Å². The van der Waals surface area contributed by atoms with Crippen LogP contribution in [0.1, 0.15) is 31.2 Å². The fraction of sp³-hybridized carbons (Fsp3) is 0.611. The third kappa shape index (κ3) is 4.46. The van der Waals surface area contributed by atoms with E-state index < -0.39 is 0 Å². The van der Waals surface area contributed by atoms with Crippen LogP contribution in [0.15, 0.2) is 24.3 Å². The zero-order valence-electron chi connectivity index (χ0n) is 13.4. The van der Waals surface area contributed by atoms with Crippen LogP contribution in [0.3, 0.4) is 0 Å². The molecule has 0 bridgehead atoms. The van der Waals surface area contributed by atoms with E-state index >= 15 is 0 Å². The minimum absolute atomic E-state index is 0.0522. The molecule has 1 saturated heterocycles. The normalized spacial score (nSPS) is 20.2. The molecule has 1 saturated carbocycles. The Kier molecular flexibility index (Phi) is 5.57. The number of rotatable bonds is 7. The van der Waals surface area contributed by atoms with Gasteiger partial charge in [-0.2, -0.15) is 0 Å². The second-order valence-corrected chi connectivity index (χ2v) is 7.01. The zero-order valence-corrected chi connectivity index (χ0v) is 14.1. The van der Waals surface area contributed by atoms with Crippen LogP contribution in [-0.2, 0) is 19.7 Å². The minimum Gasteiger partial charge on any atom is -0.381 e. The van der Waals surface area contributed by atoms with Gasteiger partial charge in [0.1, 0.15) is 6.61 Å². The highest BCUT2D eigenvalue weighted by Crippen LogP contribution is 2.38. The molecule has 3 rings (SSSR count). The molecule has 2 fully saturated rings. The average molecular weight is 338 g/mol. The van der Waals surface area contributed by atoms with Gasteiger partial charge in [0.15, 0.2) is 0 Å². The maximum absolute atomic E-state index is 12.0. The first kappa shape index (κ1) is 16.7. The fourth-order valence-electron chi connectivity index (χ4n) is 3.12. The second kappa shape index (κ2) is 7.65. The highest BCUT2D eigenvalue weighted by atomic mass is 35.5. The van der Waals surface area contributed by atoms with Crippen molar-refractivity contribution < 1.29 is 14.3 Å². The van der Waals surface area contributed by atoms with Crippen LogP contribution >= 0.6 is 11.6 Å². The van der Waals surface area contributed by atoms with Crippen molar-refractivity contribution in [2.45, 2.75) is 31.1 Å². The maximum Gasteiger partial charge on any atom is 0.246 e. The van der Waals surface area contributed by atoms with Gasteiger partial charge in [0, 0.05) is 30.2 Å². The summed E-state index contributed by atoms with van der Waals surface area (Å²) in [5.41, 5.74) is 0.951. The van der Waals surface area contributed by atoms with Gasteiger partial charge < -0.3 is 14.8 Å². The smallest absolute Gasteiger partial charge is 0.246 e. The number of halogens is 1. The van der Waals surface area contributed by atoms with Gasteiger partial charge in [0.25, 0.3) is 0 Å². The van der Waals surface area contributed by atoms with E-state index in [1.54, 1.807) is 0 Å². The van der Waals surface area contributed by atoms with Crippen molar-refractivity contribution in [2.75, 3.05) is 33.0 Å². The first-order chi connectivity index (χ1) is 11.2. The third-order valence-corrected chi connectivity index (χ3v) is 5.13. The molecule has 1 aromatic carbocycles. The fourth-order valence-corrected chi connectivity index (χ4v) is 3.45. The molecule has 1 heterocycles. The van der Waals surface area contributed by atoms with Gasteiger partial charge in [-0.25, -0.2) is 0 Å². The average Bonchev–Trinajstić information content (AvgIpc) is 3.39. The van der Waals surface area contributed by atoms with Gasteiger partial charge in [-0.1, -0.05) is 29.8 Å². The number of carbonyl (C=O) groups is 1. The van der Waals surface area contributed by atoms with Crippen molar-refractivity contribution >= 4 is 17.5 Å². The van der Waals surface area contributed by atoms with E-state index in [0.29, 0.717) is 32.3 Å². The van der Waals surface area contributed by atoms with Crippen LogP contribution in [0.5, 0.6) is 0 Å². The molecule has 1 aliphatic carbocycles. The van der Waals surface area contributed by atoms with Crippen LogP contribution in [0.25, 0.3) is 0 Å². The number of ether oxygens (including phenoxy) is 2. The molecular weight excluding hydrogens is 314 g/mol. The van der Waals surface area contributed by atoms with Gasteiger partial charge in [-0.15, -0.1) is 0 Å².